The Hall–Kier alpha value is -1.52. The lowest BCUT2D eigenvalue weighted by atomic mass is 10.2. The van der Waals surface area contributed by atoms with Gasteiger partial charge in [0, 0.05) is 20.6 Å². The van der Waals surface area contributed by atoms with Gasteiger partial charge < -0.3 is 9.42 Å². The minimum atomic E-state index is -0.562. The maximum absolute atomic E-state index is 12.0. The van der Waals surface area contributed by atoms with Gasteiger partial charge in [-0.25, -0.2) is 9.53 Å². The van der Waals surface area contributed by atoms with Gasteiger partial charge in [0.2, 0.25) is 0 Å². The van der Waals surface area contributed by atoms with Gasteiger partial charge in [-0.1, -0.05) is 13.3 Å². The minimum absolute atomic E-state index is 0.140. The molecule has 0 saturated carbocycles. The summed E-state index contributed by atoms with van der Waals surface area (Å²) in [6, 6.07) is 0. The molecule has 1 amide bonds. The summed E-state index contributed by atoms with van der Waals surface area (Å²) in [5.41, 5.74) is 0.146. The zero-order valence-electron chi connectivity index (χ0n) is 10.2. The highest BCUT2D eigenvalue weighted by Crippen LogP contribution is 2.06. The number of rotatable bonds is 4. The number of hydrogen-bond acceptors (Lipinski definition) is 3. The average Bonchev–Trinajstić information content (AvgIpc) is 2.49. The molecule has 0 radical (unpaired) electrons. The van der Waals surface area contributed by atoms with Crippen molar-refractivity contribution in [3.8, 4) is 0 Å². The fourth-order valence-corrected chi connectivity index (χ4v) is 1.47. The van der Waals surface area contributed by atoms with Crippen molar-refractivity contribution in [3.63, 3.8) is 0 Å². The monoisotopic (exact) mass is 226 g/mol. The highest BCUT2D eigenvalue weighted by Gasteiger charge is 2.22. The molecule has 1 aromatic rings. The van der Waals surface area contributed by atoms with E-state index >= 15 is 0 Å². The standard InChI is InChI=1S/C11H18N2O3/c1-5-6-7-12(3)10(14)9-8(2)13(4)16-11(9)15/h5-7H2,1-4H3. The Balaban J connectivity index is 2.92. The number of nitrogens with zero attached hydrogens (tertiary/aromatic N) is 2. The molecule has 0 aliphatic rings. The van der Waals surface area contributed by atoms with Gasteiger partial charge in [0.25, 0.3) is 5.91 Å². The van der Waals surface area contributed by atoms with Gasteiger partial charge in [0.15, 0.2) is 0 Å². The van der Waals surface area contributed by atoms with Crippen molar-refractivity contribution < 1.29 is 9.32 Å². The van der Waals surface area contributed by atoms with Crippen LogP contribution < -0.4 is 5.63 Å². The molecule has 0 saturated heterocycles. The van der Waals surface area contributed by atoms with Gasteiger partial charge in [-0.2, -0.15) is 0 Å². The first-order chi connectivity index (χ1) is 7.49. The number of amides is 1. The molecule has 1 rings (SSSR count). The van der Waals surface area contributed by atoms with E-state index in [-0.39, 0.29) is 11.5 Å². The molecule has 1 aromatic heterocycles. The van der Waals surface area contributed by atoms with Crippen LogP contribution in [-0.4, -0.2) is 29.1 Å². The number of unbranched alkanes of at least 4 members (excludes halogenated alkanes) is 1. The summed E-state index contributed by atoms with van der Waals surface area (Å²) in [4.78, 5) is 25.0. The Morgan fingerprint density at radius 1 is 1.50 bits per heavy atom. The maximum Gasteiger partial charge on any atom is 0.370 e. The number of carbonyl (C=O) groups excluding carboxylic acids is 1. The summed E-state index contributed by atoms with van der Waals surface area (Å²) in [5.74, 6) is -0.264. The van der Waals surface area contributed by atoms with Crippen molar-refractivity contribution in [3.05, 3.63) is 21.7 Å². The van der Waals surface area contributed by atoms with E-state index in [1.54, 1.807) is 25.9 Å². The molecule has 90 valence electrons. The number of aryl methyl sites for hydroxylation is 1. The van der Waals surface area contributed by atoms with Crippen molar-refractivity contribution in [1.82, 2.24) is 9.64 Å². The molecule has 0 unspecified atom stereocenters. The van der Waals surface area contributed by atoms with Gasteiger partial charge in [-0.3, -0.25) is 4.79 Å². The predicted molar refractivity (Wildman–Crippen MR) is 60.6 cm³/mol. The van der Waals surface area contributed by atoms with E-state index in [1.165, 1.54) is 4.74 Å². The lowest BCUT2D eigenvalue weighted by Crippen LogP contribution is -2.31. The second-order valence-corrected chi connectivity index (χ2v) is 3.92. The smallest absolute Gasteiger partial charge is 0.341 e. The van der Waals surface area contributed by atoms with Crippen LogP contribution in [0.5, 0.6) is 0 Å². The average molecular weight is 226 g/mol. The maximum atomic E-state index is 12.0. The van der Waals surface area contributed by atoms with Crippen LogP contribution in [0.2, 0.25) is 0 Å². The van der Waals surface area contributed by atoms with E-state index in [4.69, 9.17) is 4.52 Å². The summed E-state index contributed by atoms with van der Waals surface area (Å²) in [7, 11) is 3.31. The molecule has 0 aromatic carbocycles. The van der Waals surface area contributed by atoms with Gasteiger partial charge in [0.05, 0.1) is 5.69 Å². The molecule has 0 atom stereocenters. The third-order valence-corrected chi connectivity index (χ3v) is 2.67. The second-order valence-electron chi connectivity index (χ2n) is 3.92. The Morgan fingerprint density at radius 2 is 2.12 bits per heavy atom. The van der Waals surface area contributed by atoms with Gasteiger partial charge in [-0.15, -0.1) is 0 Å². The molecule has 0 N–H and O–H groups in total. The summed E-state index contributed by atoms with van der Waals surface area (Å²) in [6.07, 6.45) is 1.94. The van der Waals surface area contributed by atoms with Crippen molar-refractivity contribution in [1.29, 1.82) is 0 Å². The first kappa shape index (κ1) is 12.5. The van der Waals surface area contributed by atoms with Crippen LogP contribution in [0.1, 0.15) is 35.8 Å². The van der Waals surface area contributed by atoms with E-state index in [0.29, 0.717) is 12.2 Å². The Bertz CT molecular complexity index is 431. The van der Waals surface area contributed by atoms with Gasteiger partial charge in [0.1, 0.15) is 5.56 Å². The van der Waals surface area contributed by atoms with Crippen LogP contribution in [0.4, 0.5) is 0 Å². The zero-order valence-corrected chi connectivity index (χ0v) is 10.2. The molecule has 0 aliphatic heterocycles. The van der Waals surface area contributed by atoms with Crippen molar-refractivity contribution in [2.75, 3.05) is 13.6 Å². The van der Waals surface area contributed by atoms with E-state index in [2.05, 4.69) is 6.92 Å². The topological polar surface area (TPSA) is 55.5 Å². The molecule has 0 aliphatic carbocycles. The number of aromatic nitrogens is 1. The molecular weight excluding hydrogens is 208 g/mol. The number of carbonyl (C=O) groups is 1. The number of hydrogen-bond donors (Lipinski definition) is 0. The van der Waals surface area contributed by atoms with E-state index in [9.17, 15) is 9.59 Å². The second kappa shape index (κ2) is 5.01. The first-order valence-electron chi connectivity index (χ1n) is 5.41. The van der Waals surface area contributed by atoms with E-state index < -0.39 is 5.63 Å². The zero-order chi connectivity index (χ0) is 12.3. The third-order valence-electron chi connectivity index (χ3n) is 2.67. The molecule has 0 bridgehead atoms. The fraction of sp³-hybridized carbons (Fsp3) is 0.636. The summed E-state index contributed by atoms with van der Waals surface area (Å²) >= 11 is 0. The van der Waals surface area contributed by atoms with Crippen molar-refractivity contribution >= 4 is 5.91 Å². The molecule has 0 fully saturated rings. The normalized spacial score (nSPS) is 10.5. The highest BCUT2D eigenvalue weighted by molar-refractivity contribution is 5.94. The summed E-state index contributed by atoms with van der Waals surface area (Å²) < 4.78 is 6.16. The molecule has 5 nitrogen and oxygen atoms in total. The Morgan fingerprint density at radius 3 is 2.56 bits per heavy atom. The lowest BCUT2D eigenvalue weighted by Gasteiger charge is -2.15. The van der Waals surface area contributed by atoms with Gasteiger partial charge >= 0.3 is 5.63 Å². The van der Waals surface area contributed by atoms with Crippen LogP contribution in [0.3, 0.4) is 0 Å². The van der Waals surface area contributed by atoms with Crippen molar-refractivity contribution in [2.24, 2.45) is 7.05 Å². The first-order valence-corrected chi connectivity index (χ1v) is 5.41. The highest BCUT2D eigenvalue weighted by atomic mass is 16.5. The van der Waals surface area contributed by atoms with Crippen LogP contribution in [-0.2, 0) is 7.05 Å². The molecule has 16 heavy (non-hydrogen) atoms. The minimum Gasteiger partial charge on any atom is -0.341 e. The van der Waals surface area contributed by atoms with Crippen LogP contribution in [0.25, 0.3) is 0 Å². The quantitative estimate of drug-likeness (QED) is 0.774. The third kappa shape index (κ3) is 2.35. The van der Waals surface area contributed by atoms with Crippen molar-refractivity contribution in [2.45, 2.75) is 26.7 Å². The molecule has 5 heteroatoms. The summed E-state index contributed by atoms with van der Waals surface area (Å²) in [5, 5.41) is 0. The molecular formula is C11H18N2O3. The van der Waals surface area contributed by atoms with Crippen LogP contribution in [0.15, 0.2) is 9.32 Å². The lowest BCUT2D eigenvalue weighted by molar-refractivity contribution is 0.0790. The van der Waals surface area contributed by atoms with E-state index in [1.807, 2.05) is 0 Å². The van der Waals surface area contributed by atoms with Gasteiger partial charge in [-0.05, 0) is 13.3 Å². The Kier molecular flexibility index (Phi) is 3.93. The predicted octanol–water partition coefficient (Wildman–Crippen LogP) is 1.16. The van der Waals surface area contributed by atoms with E-state index in [0.717, 1.165) is 12.8 Å². The fourth-order valence-electron chi connectivity index (χ4n) is 1.47. The van der Waals surface area contributed by atoms with Crippen LogP contribution in [0, 0.1) is 6.92 Å². The Labute approximate surface area is 94.6 Å². The molecule has 1 heterocycles. The largest absolute Gasteiger partial charge is 0.370 e. The summed E-state index contributed by atoms with van der Waals surface area (Å²) in [6.45, 7) is 4.41. The molecule has 0 spiro atoms. The van der Waals surface area contributed by atoms with Crippen LogP contribution >= 0.6 is 0 Å². The SMILES string of the molecule is CCCCN(C)C(=O)c1c(C)n(C)oc1=O.